The quantitative estimate of drug-likeness (QED) is 0.102. The SMILES string of the molecule is CC[C@H]1OC(=O)[C@H](C)[C@@H](O[C@H]2C[C@@](C)(OC)[C@@H](O)[C@H](C)O2)[C@H](C)[C@@H](O[C@@H]2O[C@H](C)C[C@H](N(C)CCc3cn(CCCOc4ccc(-n5ccnn5)cc4)nn3)[C@H]2O)[C@](C)(O)C[C@@H](C)CN(C)[C@H](C)[C@@H](O)[C@]1(C)O. The number of aromatic nitrogens is 6. The monoisotopic (exact) mass is 1030 g/mol. The van der Waals surface area contributed by atoms with E-state index < -0.39 is 102 Å². The number of rotatable bonds is 16. The van der Waals surface area contributed by atoms with Crippen LogP contribution in [0.1, 0.15) is 107 Å². The summed E-state index contributed by atoms with van der Waals surface area (Å²) in [4.78, 5) is 18.5. The van der Waals surface area contributed by atoms with Crippen LogP contribution in [-0.2, 0) is 46.2 Å². The van der Waals surface area contributed by atoms with Gasteiger partial charge in [0.1, 0.15) is 35.8 Å². The van der Waals surface area contributed by atoms with Crippen LogP contribution in [0.25, 0.3) is 5.69 Å². The van der Waals surface area contributed by atoms with E-state index in [-0.39, 0.29) is 31.3 Å². The molecule has 0 radical (unpaired) electrons. The van der Waals surface area contributed by atoms with Gasteiger partial charge in [0.25, 0.3) is 0 Å². The van der Waals surface area contributed by atoms with Crippen LogP contribution in [0.5, 0.6) is 5.75 Å². The average Bonchev–Trinajstić information content (AvgIpc) is 4.06. The molecule has 3 aromatic rings. The number of ether oxygens (including phenoxy) is 7. The van der Waals surface area contributed by atoms with Crippen molar-refractivity contribution in [3.8, 4) is 11.4 Å². The van der Waals surface area contributed by atoms with Gasteiger partial charge in [-0.25, -0.2) is 4.68 Å². The number of hydrogen-bond acceptors (Lipinski definition) is 19. The Labute approximate surface area is 431 Å². The Bertz CT molecular complexity index is 2150. The third kappa shape index (κ3) is 14.2. The van der Waals surface area contributed by atoms with Crippen LogP contribution in [0.15, 0.2) is 42.9 Å². The van der Waals surface area contributed by atoms with Gasteiger partial charge in [0.05, 0.1) is 71.9 Å². The van der Waals surface area contributed by atoms with E-state index in [0.29, 0.717) is 39.1 Å². The van der Waals surface area contributed by atoms with E-state index in [9.17, 15) is 30.3 Å². The van der Waals surface area contributed by atoms with Crippen molar-refractivity contribution in [2.45, 2.75) is 205 Å². The molecule has 0 amide bonds. The van der Waals surface area contributed by atoms with Crippen molar-refractivity contribution in [2.75, 3.05) is 40.9 Å². The maximum absolute atomic E-state index is 14.5. The summed E-state index contributed by atoms with van der Waals surface area (Å²) in [6.45, 7) is 19.7. The van der Waals surface area contributed by atoms with Crippen LogP contribution in [-0.4, -0.2) is 202 Å². The molecule has 0 bridgehead atoms. The van der Waals surface area contributed by atoms with Crippen LogP contribution in [0.3, 0.4) is 0 Å². The van der Waals surface area contributed by atoms with Crippen molar-refractivity contribution >= 4 is 5.97 Å². The molecule has 3 aliphatic heterocycles. The lowest BCUT2D eigenvalue weighted by Gasteiger charge is -2.49. The van der Waals surface area contributed by atoms with E-state index in [1.807, 2.05) is 70.2 Å². The van der Waals surface area contributed by atoms with E-state index in [1.54, 1.807) is 63.3 Å². The van der Waals surface area contributed by atoms with Crippen LogP contribution in [0.4, 0.5) is 0 Å². The number of aliphatic hydroxyl groups is 5. The molecule has 412 valence electrons. The molecular weight excluding hydrogens is 945 g/mol. The second-order valence-electron chi connectivity index (χ2n) is 21.9. The number of benzene rings is 1. The molecule has 0 aliphatic carbocycles. The smallest absolute Gasteiger partial charge is 0.311 e. The number of carbonyl (C=O) groups is 1. The first-order valence-corrected chi connectivity index (χ1v) is 26.1. The highest BCUT2D eigenvalue weighted by Gasteiger charge is 2.53. The minimum Gasteiger partial charge on any atom is -0.494 e. The maximum Gasteiger partial charge on any atom is 0.311 e. The number of cyclic esters (lactones) is 1. The molecule has 5 N–H and O–H groups in total. The fraction of sp³-hybridized carbons (Fsp3) is 0.788. The molecular formula is C52H86N8O13. The van der Waals surface area contributed by atoms with Crippen molar-refractivity contribution in [3.05, 3.63) is 48.5 Å². The average molecular weight is 1030 g/mol. The van der Waals surface area contributed by atoms with Crippen molar-refractivity contribution in [3.63, 3.8) is 0 Å². The molecule has 1 aromatic carbocycles. The molecule has 73 heavy (non-hydrogen) atoms. The van der Waals surface area contributed by atoms with Gasteiger partial charge in [-0.05, 0) is 112 Å². The highest BCUT2D eigenvalue weighted by Crippen LogP contribution is 2.40. The van der Waals surface area contributed by atoms with Crippen LogP contribution >= 0.6 is 0 Å². The molecule has 18 atom stereocenters. The maximum atomic E-state index is 14.5. The molecule has 3 aliphatic rings. The summed E-state index contributed by atoms with van der Waals surface area (Å²) in [7, 11) is 5.29. The van der Waals surface area contributed by atoms with Gasteiger partial charge in [0, 0.05) is 70.2 Å². The molecule has 5 heterocycles. The molecule has 6 rings (SSSR count). The number of aliphatic hydroxyl groups excluding tert-OH is 3. The zero-order valence-corrected chi connectivity index (χ0v) is 45.4. The molecule has 21 nitrogen and oxygen atoms in total. The molecule has 0 saturated carbocycles. The minimum atomic E-state index is -1.84. The molecule has 3 fully saturated rings. The minimum absolute atomic E-state index is 0.103. The lowest BCUT2D eigenvalue weighted by atomic mass is 9.77. The predicted octanol–water partition coefficient (Wildman–Crippen LogP) is 3.15. The standard InChI is InChI=1S/C52H86N8O13/c1-14-41-52(10,66)45(62)35(6)58(12)29-31(2)27-50(8,65)47(33(4)44(34(5)48(64)71-41)72-42-28-51(9,67-13)46(63)36(7)70-42)73-49-43(61)40(26-32(3)69-49)57(11)23-20-37-30-59(56-54-37)22-15-25-68-39-18-16-38(17-19-39)60-24-21-53-55-60/h16-19,21,24,30-36,40-47,49,61-63,65-66H,14-15,20,22-23,25-29H2,1-13H3/t31-,32-,33+,34-,35-,36+,40+,41-,42+,43-,44+,45-,46+,47-,49+,50-,51-,52-/m1/s1. The van der Waals surface area contributed by atoms with Gasteiger partial charge >= 0.3 is 5.97 Å². The third-order valence-electron chi connectivity index (χ3n) is 15.7. The summed E-state index contributed by atoms with van der Waals surface area (Å²) in [5, 5.41) is 76.3. The Hall–Kier alpha value is -3.71. The van der Waals surface area contributed by atoms with Crippen molar-refractivity contribution in [1.82, 2.24) is 39.8 Å². The lowest BCUT2D eigenvalue weighted by molar-refractivity contribution is -0.318. The number of carbonyl (C=O) groups excluding carboxylic acids is 1. The number of nitrogens with zero attached hydrogens (tertiary/aromatic N) is 8. The van der Waals surface area contributed by atoms with E-state index in [4.69, 9.17) is 33.2 Å². The molecule has 21 heteroatoms. The Morgan fingerprint density at radius 3 is 2.32 bits per heavy atom. The molecule has 2 aromatic heterocycles. The Kier molecular flexibility index (Phi) is 20.0. The van der Waals surface area contributed by atoms with Crippen LogP contribution in [0, 0.1) is 17.8 Å². The number of esters is 1. The first-order valence-electron chi connectivity index (χ1n) is 26.1. The Morgan fingerprint density at radius 2 is 1.66 bits per heavy atom. The second-order valence-corrected chi connectivity index (χ2v) is 21.9. The lowest BCUT2D eigenvalue weighted by Crippen LogP contribution is -2.61. The van der Waals surface area contributed by atoms with Gasteiger partial charge in [0.15, 0.2) is 12.6 Å². The fourth-order valence-electron chi connectivity index (χ4n) is 11.1. The van der Waals surface area contributed by atoms with Gasteiger partial charge in [-0.15, -0.1) is 10.2 Å². The van der Waals surface area contributed by atoms with Crippen molar-refractivity contribution in [1.29, 1.82) is 0 Å². The van der Waals surface area contributed by atoms with Crippen LogP contribution in [0.2, 0.25) is 0 Å². The first kappa shape index (κ1) is 58.5. The van der Waals surface area contributed by atoms with E-state index in [1.165, 1.54) is 14.0 Å². The molecule has 3 saturated heterocycles. The predicted molar refractivity (Wildman–Crippen MR) is 268 cm³/mol. The summed E-state index contributed by atoms with van der Waals surface area (Å²) < 4.78 is 47.8. The van der Waals surface area contributed by atoms with Crippen LogP contribution < -0.4 is 4.74 Å². The zero-order chi connectivity index (χ0) is 53.6. The van der Waals surface area contributed by atoms with E-state index >= 15 is 0 Å². The third-order valence-corrected chi connectivity index (χ3v) is 15.7. The highest BCUT2D eigenvalue weighted by atomic mass is 16.7. The molecule has 0 spiro atoms. The van der Waals surface area contributed by atoms with Gasteiger partial charge < -0.3 is 68.5 Å². The van der Waals surface area contributed by atoms with Gasteiger partial charge in [0.2, 0.25) is 0 Å². The summed E-state index contributed by atoms with van der Waals surface area (Å²) in [5.74, 6) is -2.02. The molecule has 0 unspecified atom stereocenters. The highest BCUT2D eigenvalue weighted by molar-refractivity contribution is 5.73. The van der Waals surface area contributed by atoms with Crippen molar-refractivity contribution < 1.29 is 63.5 Å². The second kappa shape index (κ2) is 25.0. The van der Waals surface area contributed by atoms with Gasteiger partial charge in [-0.2, -0.15) is 0 Å². The number of likely N-dealkylation sites (N-methyl/N-ethyl adjacent to an activating group) is 2. The van der Waals surface area contributed by atoms with E-state index in [2.05, 4.69) is 25.5 Å². The summed E-state index contributed by atoms with van der Waals surface area (Å²) in [5.41, 5.74) is -2.84. The Balaban J connectivity index is 1.19. The van der Waals surface area contributed by atoms with Crippen molar-refractivity contribution in [2.24, 2.45) is 17.8 Å². The number of hydrogen-bond donors (Lipinski definition) is 5. The first-order chi connectivity index (χ1) is 34.4. The number of aryl methyl sites for hydroxylation is 1. The van der Waals surface area contributed by atoms with E-state index in [0.717, 1.165) is 23.6 Å². The van der Waals surface area contributed by atoms with Gasteiger partial charge in [-0.1, -0.05) is 31.2 Å². The summed E-state index contributed by atoms with van der Waals surface area (Å²) >= 11 is 0. The zero-order valence-electron chi connectivity index (χ0n) is 45.4. The summed E-state index contributed by atoms with van der Waals surface area (Å²) in [6, 6.07) is 6.65. The largest absolute Gasteiger partial charge is 0.494 e. The van der Waals surface area contributed by atoms with Gasteiger partial charge in [-0.3, -0.25) is 9.48 Å². The topological polar surface area (TPSA) is 251 Å². The fourth-order valence-corrected chi connectivity index (χ4v) is 11.1. The Morgan fingerprint density at radius 1 is 0.945 bits per heavy atom. The normalized spacial score (nSPS) is 38.7. The number of methoxy groups -OCH3 is 1. The summed E-state index contributed by atoms with van der Waals surface area (Å²) in [6.07, 6.45) is -2.40.